The van der Waals surface area contributed by atoms with Crippen molar-refractivity contribution in [1.82, 2.24) is 0 Å². The van der Waals surface area contributed by atoms with Crippen molar-refractivity contribution in [3.05, 3.63) is 53.6 Å². The topological polar surface area (TPSA) is 0 Å². The Hall–Kier alpha value is -1.34. The summed E-state index contributed by atoms with van der Waals surface area (Å²) in [5.74, 6) is 1.14. The molecule has 0 spiro atoms. The third-order valence-corrected chi connectivity index (χ3v) is 6.38. The average molecular weight is 311 g/mol. The first-order valence-electron chi connectivity index (χ1n) is 8.45. The maximum atomic E-state index is 2.47. The van der Waals surface area contributed by atoms with Crippen molar-refractivity contribution in [2.24, 2.45) is 0 Å². The van der Waals surface area contributed by atoms with Crippen molar-refractivity contribution in [2.45, 2.75) is 59.2 Å². The normalized spacial score (nSPS) is 12.2. The van der Waals surface area contributed by atoms with Crippen LogP contribution in [0.2, 0.25) is 19.6 Å². The molecule has 0 aliphatic heterocycles. The maximum absolute atomic E-state index is 2.47. The zero-order valence-corrected chi connectivity index (χ0v) is 16.2. The van der Waals surface area contributed by atoms with Crippen molar-refractivity contribution in [3.63, 3.8) is 0 Å². The fourth-order valence-electron chi connectivity index (χ4n) is 3.26. The lowest BCUT2D eigenvalue weighted by Crippen LogP contribution is -2.43. The summed E-state index contributed by atoms with van der Waals surface area (Å²) in [6.45, 7) is 16.7. The minimum atomic E-state index is -1.37. The van der Waals surface area contributed by atoms with Gasteiger partial charge >= 0.3 is 0 Å². The minimum absolute atomic E-state index is 0.572. The quantitative estimate of drug-likeness (QED) is 0.594. The van der Waals surface area contributed by atoms with E-state index in [-0.39, 0.29) is 0 Å². The Morgan fingerprint density at radius 1 is 0.682 bits per heavy atom. The van der Waals surface area contributed by atoms with E-state index in [1.165, 1.54) is 11.1 Å². The van der Waals surface area contributed by atoms with Gasteiger partial charge in [-0.2, -0.15) is 0 Å². The monoisotopic (exact) mass is 310 g/mol. The predicted octanol–water partition coefficient (Wildman–Crippen LogP) is 6.15. The van der Waals surface area contributed by atoms with Gasteiger partial charge in [0.25, 0.3) is 0 Å². The lowest BCUT2D eigenvalue weighted by atomic mass is 9.90. The molecule has 0 saturated heterocycles. The Morgan fingerprint density at radius 3 is 1.50 bits per heavy atom. The molecule has 1 heteroatoms. The number of hydrogen-bond donors (Lipinski definition) is 0. The first-order valence-corrected chi connectivity index (χ1v) is 12.0. The van der Waals surface area contributed by atoms with E-state index in [2.05, 4.69) is 89.8 Å². The third kappa shape index (κ3) is 3.52. The largest absolute Gasteiger partial charge is 0.0783 e. The van der Waals surface area contributed by atoms with Gasteiger partial charge in [-0.1, -0.05) is 95.0 Å². The molecule has 0 fully saturated rings. The van der Waals surface area contributed by atoms with Crippen molar-refractivity contribution in [3.8, 4) is 11.1 Å². The summed E-state index contributed by atoms with van der Waals surface area (Å²) in [4.78, 5) is 0. The summed E-state index contributed by atoms with van der Waals surface area (Å²) in [6, 6.07) is 15.7. The van der Waals surface area contributed by atoms with Gasteiger partial charge < -0.3 is 0 Å². The highest BCUT2D eigenvalue weighted by Gasteiger charge is 2.26. The van der Waals surface area contributed by atoms with Gasteiger partial charge in [0.2, 0.25) is 0 Å². The third-order valence-electron chi connectivity index (χ3n) is 4.30. The maximum Gasteiger partial charge on any atom is 0.0783 e. The Kier molecular flexibility index (Phi) is 4.96. The summed E-state index contributed by atoms with van der Waals surface area (Å²) < 4.78 is 0. The molecule has 0 bridgehead atoms. The van der Waals surface area contributed by atoms with Crippen LogP contribution < -0.4 is 5.19 Å². The molecule has 0 aromatic heterocycles. The molecule has 0 aliphatic carbocycles. The van der Waals surface area contributed by atoms with E-state index in [1.807, 2.05) is 0 Å². The van der Waals surface area contributed by atoms with E-state index < -0.39 is 8.07 Å². The van der Waals surface area contributed by atoms with Crippen LogP contribution in [0, 0.1) is 0 Å². The van der Waals surface area contributed by atoms with E-state index in [1.54, 1.807) is 16.3 Å². The molecule has 0 amide bonds. The number of hydrogen-bond acceptors (Lipinski definition) is 0. The minimum Gasteiger partial charge on any atom is -0.0656 e. The zero-order chi connectivity index (χ0) is 16.5. The molecule has 0 N–H and O–H groups in total. The predicted molar refractivity (Wildman–Crippen MR) is 103 cm³/mol. The van der Waals surface area contributed by atoms with Crippen molar-refractivity contribution in [2.75, 3.05) is 0 Å². The summed E-state index contributed by atoms with van der Waals surface area (Å²) in [7, 11) is -1.37. The molecule has 0 unspecified atom stereocenters. The van der Waals surface area contributed by atoms with Gasteiger partial charge in [0.05, 0.1) is 8.07 Å². The molecule has 0 heterocycles. The second-order valence-electron chi connectivity index (χ2n) is 7.96. The summed E-state index contributed by atoms with van der Waals surface area (Å²) in [6.07, 6.45) is 0. The van der Waals surface area contributed by atoms with Gasteiger partial charge in [0.15, 0.2) is 0 Å². The fraction of sp³-hybridized carbons (Fsp3) is 0.429. The molecule has 0 aliphatic rings. The van der Waals surface area contributed by atoms with Crippen LogP contribution in [0.25, 0.3) is 11.1 Å². The van der Waals surface area contributed by atoms with Gasteiger partial charge in [-0.3, -0.25) is 0 Å². The fourth-order valence-corrected chi connectivity index (χ4v) is 5.72. The van der Waals surface area contributed by atoms with E-state index in [0.29, 0.717) is 11.8 Å². The van der Waals surface area contributed by atoms with Gasteiger partial charge in [0.1, 0.15) is 0 Å². The Labute approximate surface area is 137 Å². The lowest BCUT2D eigenvalue weighted by Gasteiger charge is -2.29. The Morgan fingerprint density at radius 2 is 1.14 bits per heavy atom. The Balaban J connectivity index is 2.77. The van der Waals surface area contributed by atoms with E-state index in [4.69, 9.17) is 0 Å². The van der Waals surface area contributed by atoms with Crippen LogP contribution >= 0.6 is 0 Å². The Bertz CT molecular complexity index is 602. The number of benzene rings is 2. The zero-order valence-electron chi connectivity index (χ0n) is 15.2. The molecular weight excluding hydrogens is 280 g/mol. The van der Waals surface area contributed by atoms with E-state index >= 15 is 0 Å². The first kappa shape index (κ1) is 17.0. The van der Waals surface area contributed by atoms with Crippen LogP contribution in [-0.2, 0) is 0 Å². The van der Waals surface area contributed by atoms with Crippen LogP contribution in [0.3, 0.4) is 0 Å². The summed E-state index contributed by atoms with van der Waals surface area (Å²) >= 11 is 0. The van der Waals surface area contributed by atoms with Crippen LogP contribution in [0.4, 0.5) is 0 Å². The lowest BCUT2D eigenvalue weighted by molar-refractivity contribution is 0.844. The molecule has 0 nitrogen and oxygen atoms in total. The van der Waals surface area contributed by atoms with Crippen LogP contribution in [-0.4, -0.2) is 8.07 Å². The molecule has 22 heavy (non-hydrogen) atoms. The standard InChI is InChI=1S/C21H30Si/c1-15(2)19-13-18(17-11-9-8-10-12-17)14-20(16(3)4)21(19)22(5,6)7/h8-16H,1-7H3. The highest BCUT2D eigenvalue weighted by molar-refractivity contribution is 6.89. The smallest absolute Gasteiger partial charge is 0.0656 e. The molecule has 0 atom stereocenters. The summed E-state index contributed by atoms with van der Waals surface area (Å²) in [5, 5.41) is 1.68. The van der Waals surface area contributed by atoms with Crippen molar-refractivity contribution in [1.29, 1.82) is 0 Å². The van der Waals surface area contributed by atoms with Gasteiger partial charge in [0, 0.05) is 0 Å². The second kappa shape index (κ2) is 6.42. The average Bonchev–Trinajstić information content (AvgIpc) is 2.45. The molecule has 2 aromatic carbocycles. The SMILES string of the molecule is CC(C)c1cc(-c2ccccc2)cc(C(C)C)c1[Si](C)(C)C. The molecule has 2 rings (SSSR count). The molecule has 0 radical (unpaired) electrons. The van der Waals surface area contributed by atoms with Crippen LogP contribution in [0.5, 0.6) is 0 Å². The van der Waals surface area contributed by atoms with Crippen LogP contribution in [0.1, 0.15) is 50.7 Å². The highest BCUT2D eigenvalue weighted by atomic mass is 28.3. The number of rotatable bonds is 4. The molecule has 0 saturated carbocycles. The van der Waals surface area contributed by atoms with E-state index in [0.717, 1.165) is 0 Å². The van der Waals surface area contributed by atoms with Crippen molar-refractivity contribution >= 4 is 13.3 Å². The first-order chi connectivity index (χ1) is 10.2. The van der Waals surface area contributed by atoms with Crippen LogP contribution in [0.15, 0.2) is 42.5 Å². The highest BCUT2D eigenvalue weighted by Crippen LogP contribution is 2.30. The van der Waals surface area contributed by atoms with Gasteiger partial charge in [-0.05, 0) is 34.1 Å². The van der Waals surface area contributed by atoms with E-state index in [9.17, 15) is 0 Å². The molecule has 2 aromatic rings. The second-order valence-corrected chi connectivity index (χ2v) is 13.0. The summed E-state index contributed by atoms with van der Waals surface area (Å²) in [5.41, 5.74) is 5.82. The van der Waals surface area contributed by atoms with Gasteiger partial charge in [-0.25, -0.2) is 0 Å². The molecule has 118 valence electrons. The van der Waals surface area contributed by atoms with Crippen molar-refractivity contribution < 1.29 is 0 Å². The molecular formula is C21H30Si. The van der Waals surface area contributed by atoms with Gasteiger partial charge in [-0.15, -0.1) is 0 Å².